The molecule has 0 fully saturated rings. The second-order valence-corrected chi connectivity index (χ2v) is 9.24. The van der Waals surface area contributed by atoms with Crippen molar-refractivity contribution in [2.45, 2.75) is 19.5 Å². The van der Waals surface area contributed by atoms with E-state index in [1.165, 1.54) is 6.33 Å². The van der Waals surface area contributed by atoms with Crippen LogP contribution in [0.15, 0.2) is 42.7 Å². The summed E-state index contributed by atoms with van der Waals surface area (Å²) in [6, 6.07) is 11.7. The van der Waals surface area contributed by atoms with Crippen molar-refractivity contribution in [2.24, 2.45) is 0 Å². The number of aliphatic hydroxyl groups is 1. The fourth-order valence-corrected chi connectivity index (χ4v) is 4.39. The first-order valence-corrected chi connectivity index (χ1v) is 13.0. The van der Waals surface area contributed by atoms with Gasteiger partial charge in [-0.25, -0.2) is 9.97 Å². The lowest BCUT2D eigenvalue weighted by Gasteiger charge is -2.23. The van der Waals surface area contributed by atoms with E-state index in [2.05, 4.69) is 19.9 Å². The molecule has 218 valence electrons. The molecule has 0 bridgehead atoms. The van der Waals surface area contributed by atoms with E-state index in [4.69, 9.17) is 23.7 Å². The summed E-state index contributed by atoms with van der Waals surface area (Å²) >= 11 is 0. The summed E-state index contributed by atoms with van der Waals surface area (Å²) < 4.78 is 27.5. The monoisotopic (exact) mass is 564 g/mol. The summed E-state index contributed by atoms with van der Waals surface area (Å²) in [4.78, 5) is 22.4. The van der Waals surface area contributed by atoms with Gasteiger partial charge in [0.25, 0.3) is 0 Å². The van der Waals surface area contributed by atoms with Crippen LogP contribution in [0, 0.1) is 0 Å². The Kier molecular flexibility index (Phi) is 9.80. The summed E-state index contributed by atoms with van der Waals surface area (Å²) in [5, 5.41) is 9.24. The standard InChI is InChI=1S/C29H36N6O6/c1-34(16-19-8-10-21(37-3)23(14-19)39-5)27-26-25(30-18-31-27)28(33-29(32-26)41-13-7-12-36)35(2)17-20-9-11-22(38-4)24(15-20)40-6/h8-11,14-15,18,36H,7,12-13,16-17H2,1-6H3. The smallest absolute Gasteiger partial charge is 0.319 e. The second kappa shape index (κ2) is 13.7. The Hall–Kier alpha value is -4.58. The number of fused-ring (bicyclic) bond motifs is 1. The highest BCUT2D eigenvalue weighted by atomic mass is 16.5. The second-order valence-electron chi connectivity index (χ2n) is 9.24. The van der Waals surface area contributed by atoms with Gasteiger partial charge in [-0.1, -0.05) is 12.1 Å². The number of aliphatic hydroxyl groups excluding tert-OH is 1. The molecule has 0 saturated heterocycles. The maximum Gasteiger partial charge on any atom is 0.319 e. The van der Waals surface area contributed by atoms with Crippen LogP contribution in [0.3, 0.4) is 0 Å². The Morgan fingerprint density at radius 2 is 1.24 bits per heavy atom. The molecule has 1 N–H and O–H groups in total. The predicted octanol–water partition coefficient (Wildman–Crippen LogP) is 3.49. The zero-order valence-corrected chi connectivity index (χ0v) is 24.2. The average molecular weight is 565 g/mol. The lowest BCUT2D eigenvalue weighted by atomic mass is 10.2. The third-order valence-corrected chi connectivity index (χ3v) is 6.42. The van der Waals surface area contributed by atoms with Gasteiger partial charge in [-0.3, -0.25) is 0 Å². The van der Waals surface area contributed by atoms with Crippen molar-refractivity contribution in [3.05, 3.63) is 53.9 Å². The normalized spacial score (nSPS) is 10.8. The Bertz CT molecular complexity index is 1470. The number of rotatable bonds is 14. The van der Waals surface area contributed by atoms with Crippen LogP contribution in [0.2, 0.25) is 0 Å². The van der Waals surface area contributed by atoms with Crippen molar-refractivity contribution in [1.29, 1.82) is 0 Å². The molecule has 12 heteroatoms. The maximum atomic E-state index is 9.24. The van der Waals surface area contributed by atoms with E-state index in [0.717, 1.165) is 11.1 Å². The average Bonchev–Trinajstić information content (AvgIpc) is 3.00. The lowest BCUT2D eigenvalue weighted by molar-refractivity contribution is 0.224. The molecule has 2 aromatic heterocycles. The molecule has 0 aliphatic carbocycles. The molecule has 0 saturated carbocycles. The van der Waals surface area contributed by atoms with Crippen LogP contribution in [0.5, 0.6) is 29.0 Å². The molecule has 2 heterocycles. The van der Waals surface area contributed by atoms with Gasteiger partial charge in [0.15, 0.2) is 34.6 Å². The van der Waals surface area contributed by atoms with Gasteiger partial charge in [-0.05, 0) is 35.4 Å². The number of anilines is 2. The van der Waals surface area contributed by atoms with Gasteiger partial charge in [0, 0.05) is 40.2 Å². The molecule has 0 atom stereocenters. The summed E-state index contributed by atoms with van der Waals surface area (Å²) in [6.45, 7) is 1.30. The molecule has 4 aromatic rings. The zero-order chi connectivity index (χ0) is 29.4. The van der Waals surface area contributed by atoms with Crippen LogP contribution in [0.4, 0.5) is 11.6 Å². The van der Waals surface area contributed by atoms with Crippen LogP contribution >= 0.6 is 0 Å². The van der Waals surface area contributed by atoms with E-state index in [1.807, 2.05) is 60.3 Å². The van der Waals surface area contributed by atoms with E-state index < -0.39 is 0 Å². The third kappa shape index (κ3) is 6.77. The summed E-state index contributed by atoms with van der Waals surface area (Å²) in [5.74, 6) is 3.78. The maximum absolute atomic E-state index is 9.24. The van der Waals surface area contributed by atoms with Gasteiger partial charge in [0.2, 0.25) is 0 Å². The van der Waals surface area contributed by atoms with Crippen molar-refractivity contribution in [1.82, 2.24) is 19.9 Å². The Morgan fingerprint density at radius 1 is 0.683 bits per heavy atom. The van der Waals surface area contributed by atoms with Crippen LogP contribution in [-0.2, 0) is 13.1 Å². The Balaban J connectivity index is 1.71. The highest BCUT2D eigenvalue weighted by Gasteiger charge is 2.20. The molecule has 12 nitrogen and oxygen atoms in total. The SMILES string of the molecule is COc1ccc(CN(C)c2nc(OCCCO)nc3c(N(C)Cc4ccc(OC)c(OC)c4)ncnc23)cc1OC. The van der Waals surface area contributed by atoms with Gasteiger partial charge in [0.1, 0.15) is 17.4 Å². The molecule has 0 spiro atoms. The molecule has 2 aromatic carbocycles. The van der Waals surface area contributed by atoms with Crippen molar-refractivity contribution >= 4 is 22.7 Å². The Labute approximate surface area is 239 Å². The van der Waals surface area contributed by atoms with E-state index in [-0.39, 0.29) is 19.2 Å². The number of ether oxygens (including phenoxy) is 5. The third-order valence-electron chi connectivity index (χ3n) is 6.42. The molecular formula is C29H36N6O6. The molecule has 41 heavy (non-hydrogen) atoms. The van der Waals surface area contributed by atoms with E-state index in [0.29, 0.717) is 65.2 Å². The van der Waals surface area contributed by atoms with E-state index in [9.17, 15) is 5.11 Å². The zero-order valence-electron chi connectivity index (χ0n) is 24.2. The van der Waals surface area contributed by atoms with Gasteiger partial charge < -0.3 is 38.6 Å². The van der Waals surface area contributed by atoms with E-state index >= 15 is 0 Å². The van der Waals surface area contributed by atoms with Crippen molar-refractivity contribution in [3.8, 4) is 29.0 Å². The summed E-state index contributed by atoms with van der Waals surface area (Å²) in [6.07, 6.45) is 1.96. The van der Waals surface area contributed by atoms with Crippen LogP contribution in [-0.4, -0.2) is 80.8 Å². The number of benzene rings is 2. The summed E-state index contributed by atoms with van der Waals surface area (Å²) in [7, 11) is 10.3. The first-order valence-electron chi connectivity index (χ1n) is 13.0. The van der Waals surface area contributed by atoms with Crippen LogP contribution < -0.4 is 33.5 Å². The topological polar surface area (TPSA) is 124 Å². The van der Waals surface area contributed by atoms with Crippen molar-refractivity contribution in [2.75, 3.05) is 65.5 Å². The molecule has 4 rings (SSSR count). The molecule has 0 aliphatic rings. The molecular weight excluding hydrogens is 528 g/mol. The van der Waals surface area contributed by atoms with Gasteiger partial charge in [-0.15, -0.1) is 0 Å². The minimum atomic E-state index is 0.00205. The van der Waals surface area contributed by atoms with E-state index in [1.54, 1.807) is 28.4 Å². The fourth-order valence-electron chi connectivity index (χ4n) is 4.39. The van der Waals surface area contributed by atoms with Gasteiger partial charge in [-0.2, -0.15) is 9.97 Å². The first-order chi connectivity index (χ1) is 19.9. The molecule has 0 radical (unpaired) electrons. The number of aromatic nitrogens is 4. The number of methoxy groups -OCH3 is 4. The van der Waals surface area contributed by atoms with Gasteiger partial charge in [0.05, 0.1) is 35.0 Å². The van der Waals surface area contributed by atoms with Crippen LogP contribution in [0.25, 0.3) is 11.0 Å². The number of hydrogen-bond acceptors (Lipinski definition) is 12. The minimum absolute atomic E-state index is 0.00205. The molecule has 0 amide bonds. The van der Waals surface area contributed by atoms with Crippen LogP contribution in [0.1, 0.15) is 17.5 Å². The fraction of sp³-hybridized carbons (Fsp3) is 0.379. The van der Waals surface area contributed by atoms with Crippen molar-refractivity contribution in [3.63, 3.8) is 0 Å². The first kappa shape index (κ1) is 29.4. The highest BCUT2D eigenvalue weighted by Crippen LogP contribution is 2.33. The highest BCUT2D eigenvalue weighted by molar-refractivity contribution is 5.93. The quantitative estimate of drug-likeness (QED) is 0.225. The van der Waals surface area contributed by atoms with Crippen molar-refractivity contribution < 1.29 is 28.8 Å². The lowest BCUT2D eigenvalue weighted by Crippen LogP contribution is -2.22. The number of nitrogens with zero attached hydrogens (tertiary/aromatic N) is 6. The summed E-state index contributed by atoms with van der Waals surface area (Å²) in [5.41, 5.74) is 3.10. The predicted molar refractivity (Wildman–Crippen MR) is 156 cm³/mol. The number of hydrogen-bond donors (Lipinski definition) is 1. The molecule has 0 aliphatic heterocycles. The van der Waals surface area contributed by atoms with Gasteiger partial charge >= 0.3 is 6.01 Å². The Morgan fingerprint density at radius 3 is 1.78 bits per heavy atom. The molecule has 0 unspecified atom stereocenters. The minimum Gasteiger partial charge on any atom is -0.493 e. The largest absolute Gasteiger partial charge is 0.493 e.